The second kappa shape index (κ2) is 6.98. The van der Waals surface area contributed by atoms with Gasteiger partial charge in [-0.1, -0.05) is 0 Å². The Morgan fingerprint density at radius 3 is 2.90 bits per heavy atom. The van der Waals surface area contributed by atoms with Crippen molar-refractivity contribution in [1.82, 2.24) is 9.97 Å². The molecule has 0 aliphatic carbocycles. The smallest absolute Gasteiger partial charge is 0.358 e. The van der Waals surface area contributed by atoms with Crippen molar-refractivity contribution in [3.05, 3.63) is 18.1 Å². The Morgan fingerprint density at radius 1 is 1.38 bits per heavy atom. The zero-order valence-corrected chi connectivity index (χ0v) is 11.9. The minimum absolute atomic E-state index is 0.144. The van der Waals surface area contributed by atoms with Crippen molar-refractivity contribution in [1.29, 1.82) is 0 Å². The number of hydrogen-bond acceptors (Lipinski definition) is 8. The number of morpholine rings is 1. The van der Waals surface area contributed by atoms with Crippen LogP contribution in [0.4, 0.5) is 5.82 Å². The molecule has 1 aliphatic rings. The Labute approximate surface area is 122 Å². The van der Waals surface area contributed by atoms with Gasteiger partial charge in [-0.05, 0) is 0 Å². The van der Waals surface area contributed by atoms with Crippen molar-refractivity contribution in [3.8, 4) is 0 Å². The summed E-state index contributed by atoms with van der Waals surface area (Å²) in [5, 5.41) is 0. The summed E-state index contributed by atoms with van der Waals surface area (Å²) in [7, 11) is 2.63. The maximum absolute atomic E-state index is 11.5. The van der Waals surface area contributed by atoms with Crippen LogP contribution < -0.4 is 4.90 Å². The van der Waals surface area contributed by atoms with E-state index in [1.807, 2.05) is 4.90 Å². The summed E-state index contributed by atoms with van der Waals surface area (Å²) in [4.78, 5) is 32.9. The molecule has 1 aliphatic heterocycles. The molecular weight excluding hydrogens is 278 g/mol. The average Bonchev–Trinajstić information content (AvgIpc) is 2.54. The van der Waals surface area contributed by atoms with Gasteiger partial charge in [0.15, 0.2) is 5.69 Å². The predicted octanol–water partition coefficient (Wildman–Crippen LogP) is 0.0315. The normalized spacial score (nSPS) is 18.2. The molecule has 0 saturated carbocycles. The number of hydrogen-bond donors (Lipinski definition) is 0. The Bertz CT molecular complexity index is 522. The number of rotatable bonds is 4. The zero-order chi connectivity index (χ0) is 15.2. The van der Waals surface area contributed by atoms with Gasteiger partial charge in [-0.15, -0.1) is 0 Å². The molecule has 2 heterocycles. The SMILES string of the molecule is COC(=O)CC1CN(c2cncc(C(=O)OC)n2)CCO1. The van der Waals surface area contributed by atoms with E-state index in [-0.39, 0.29) is 24.2 Å². The number of carbonyl (C=O) groups excluding carboxylic acids is 2. The minimum Gasteiger partial charge on any atom is -0.469 e. The van der Waals surface area contributed by atoms with Crippen LogP contribution in [0.1, 0.15) is 16.9 Å². The minimum atomic E-state index is -0.538. The van der Waals surface area contributed by atoms with E-state index in [1.165, 1.54) is 20.4 Å². The van der Waals surface area contributed by atoms with Gasteiger partial charge in [0.1, 0.15) is 5.82 Å². The van der Waals surface area contributed by atoms with Gasteiger partial charge in [0.25, 0.3) is 0 Å². The van der Waals surface area contributed by atoms with Gasteiger partial charge in [-0.3, -0.25) is 9.78 Å². The highest BCUT2D eigenvalue weighted by Gasteiger charge is 2.24. The van der Waals surface area contributed by atoms with Gasteiger partial charge >= 0.3 is 11.9 Å². The summed E-state index contributed by atoms with van der Waals surface area (Å²) in [6.45, 7) is 1.55. The van der Waals surface area contributed by atoms with Gasteiger partial charge in [0, 0.05) is 13.1 Å². The summed E-state index contributed by atoms with van der Waals surface area (Å²) in [6.07, 6.45) is 2.82. The predicted molar refractivity (Wildman–Crippen MR) is 72.0 cm³/mol. The van der Waals surface area contributed by atoms with Gasteiger partial charge in [-0.25, -0.2) is 9.78 Å². The number of ether oxygens (including phenoxy) is 3. The standard InChI is InChI=1S/C13H17N3O5/c1-19-12(17)5-9-8-16(3-4-21-9)11-7-14-6-10(15-11)13(18)20-2/h6-7,9H,3-5,8H2,1-2H3. The maximum Gasteiger partial charge on any atom is 0.358 e. The lowest BCUT2D eigenvalue weighted by molar-refractivity contribution is -0.144. The highest BCUT2D eigenvalue weighted by atomic mass is 16.5. The molecule has 1 aromatic heterocycles. The summed E-state index contributed by atoms with van der Waals surface area (Å²) >= 11 is 0. The summed E-state index contributed by atoms with van der Waals surface area (Å²) < 4.78 is 14.8. The fourth-order valence-corrected chi connectivity index (χ4v) is 2.03. The molecule has 21 heavy (non-hydrogen) atoms. The van der Waals surface area contributed by atoms with E-state index in [4.69, 9.17) is 4.74 Å². The van der Waals surface area contributed by atoms with Crippen LogP contribution in [0.5, 0.6) is 0 Å². The van der Waals surface area contributed by atoms with E-state index in [0.29, 0.717) is 25.5 Å². The number of anilines is 1. The van der Waals surface area contributed by atoms with Crippen molar-refractivity contribution in [2.45, 2.75) is 12.5 Å². The lowest BCUT2D eigenvalue weighted by Crippen LogP contribution is -2.44. The van der Waals surface area contributed by atoms with E-state index in [9.17, 15) is 9.59 Å². The monoisotopic (exact) mass is 295 g/mol. The quantitative estimate of drug-likeness (QED) is 0.719. The molecule has 8 nitrogen and oxygen atoms in total. The van der Waals surface area contributed by atoms with Crippen molar-refractivity contribution in [3.63, 3.8) is 0 Å². The molecule has 0 aromatic carbocycles. The van der Waals surface area contributed by atoms with E-state index >= 15 is 0 Å². The molecular formula is C13H17N3O5. The largest absolute Gasteiger partial charge is 0.469 e. The molecule has 0 bridgehead atoms. The molecule has 114 valence electrons. The first-order valence-electron chi connectivity index (χ1n) is 6.47. The zero-order valence-electron chi connectivity index (χ0n) is 11.9. The third-order valence-corrected chi connectivity index (χ3v) is 3.10. The lowest BCUT2D eigenvalue weighted by atomic mass is 10.2. The van der Waals surface area contributed by atoms with Crippen molar-refractivity contribution < 1.29 is 23.8 Å². The van der Waals surface area contributed by atoms with Crippen LogP contribution in [0.3, 0.4) is 0 Å². The second-order valence-corrected chi connectivity index (χ2v) is 4.47. The van der Waals surface area contributed by atoms with Crippen molar-refractivity contribution in [2.75, 3.05) is 38.8 Å². The summed E-state index contributed by atoms with van der Waals surface area (Å²) in [5.74, 6) is -0.309. The van der Waals surface area contributed by atoms with Crippen LogP contribution >= 0.6 is 0 Å². The Hall–Kier alpha value is -2.22. The molecule has 1 fully saturated rings. The van der Waals surface area contributed by atoms with Gasteiger partial charge in [0.2, 0.25) is 0 Å². The average molecular weight is 295 g/mol. The maximum atomic E-state index is 11.5. The molecule has 8 heteroatoms. The fraction of sp³-hybridized carbons (Fsp3) is 0.538. The molecule has 1 saturated heterocycles. The summed E-state index contributed by atoms with van der Waals surface area (Å²) in [6, 6.07) is 0. The molecule has 0 amide bonds. The summed E-state index contributed by atoms with van der Waals surface area (Å²) in [5.41, 5.74) is 0.144. The van der Waals surface area contributed by atoms with E-state index < -0.39 is 5.97 Å². The van der Waals surface area contributed by atoms with Gasteiger partial charge in [0.05, 0.1) is 45.7 Å². The van der Waals surface area contributed by atoms with E-state index in [2.05, 4.69) is 19.4 Å². The third-order valence-electron chi connectivity index (χ3n) is 3.10. The molecule has 0 spiro atoms. The van der Waals surface area contributed by atoms with Crippen molar-refractivity contribution >= 4 is 17.8 Å². The van der Waals surface area contributed by atoms with Gasteiger partial charge in [-0.2, -0.15) is 0 Å². The number of carbonyl (C=O) groups is 2. The number of aromatic nitrogens is 2. The molecule has 1 unspecified atom stereocenters. The van der Waals surface area contributed by atoms with Crippen LogP contribution in [0, 0.1) is 0 Å². The van der Waals surface area contributed by atoms with Crippen LogP contribution in [-0.2, 0) is 19.0 Å². The number of methoxy groups -OCH3 is 2. The van der Waals surface area contributed by atoms with Crippen LogP contribution in [0.25, 0.3) is 0 Å². The molecule has 2 rings (SSSR count). The topological polar surface area (TPSA) is 90.9 Å². The molecule has 1 atom stereocenters. The Morgan fingerprint density at radius 2 is 2.19 bits per heavy atom. The lowest BCUT2D eigenvalue weighted by Gasteiger charge is -2.33. The fourth-order valence-electron chi connectivity index (χ4n) is 2.03. The number of nitrogens with zero attached hydrogens (tertiary/aromatic N) is 3. The molecule has 0 N–H and O–H groups in total. The van der Waals surface area contributed by atoms with E-state index in [0.717, 1.165) is 0 Å². The first-order chi connectivity index (χ1) is 10.1. The van der Waals surface area contributed by atoms with Crippen molar-refractivity contribution in [2.24, 2.45) is 0 Å². The number of esters is 2. The van der Waals surface area contributed by atoms with Gasteiger partial charge < -0.3 is 19.1 Å². The highest BCUT2D eigenvalue weighted by molar-refractivity contribution is 5.87. The first kappa shape index (κ1) is 15.2. The molecule has 1 aromatic rings. The Kier molecular flexibility index (Phi) is 5.04. The van der Waals surface area contributed by atoms with Crippen LogP contribution in [-0.4, -0.2) is 61.9 Å². The second-order valence-electron chi connectivity index (χ2n) is 4.47. The van der Waals surface area contributed by atoms with Crippen LogP contribution in [0.2, 0.25) is 0 Å². The molecule has 0 radical (unpaired) electrons. The van der Waals surface area contributed by atoms with E-state index in [1.54, 1.807) is 6.20 Å². The highest BCUT2D eigenvalue weighted by Crippen LogP contribution is 2.16. The van der Waals surface area contributed by atoms with Crippen LogP contribution in [0.15, 0.2) is 12.4 Å². The first-order valence-corrected chi connectivity index (χ1v) is 6.47. The Balaban J connectivity index is 2.07. The third kappa shape index (κ3) is 3.88.